The second-order valence-electron chi connectivity index (χ2n) is 4.22. The lowest BCUT2D eigenvalue weighted by molar-refractivity contribution is -0.141. The lowest BCUT2D eigenvalue weighted by Gasteiger charge is -2.15. The molecule has 0 bridgehead atoms. The summed E-state index contributed by atoms with van der Waals surface area (Å²) in [5.41, 5.74) is 0.590. The quantitative estimate of drug-likeness (QED) is 0.785. The zero-order valence-corrected chi connectivity index (χ0v) is 12.0. The highest BCUT2D eigenvalue weighted by atomic mass is 32.2. The predicted octanol–water partition coefficient (Wildman–Crippen LogP) is 4.06. The van der Waals surface area contributed by atoms with E-state index < -0.39 is 11.9 Å². The number of halogens is 3. The third-order valence-electron chi connectivity index (χ3n) is 2.92. The first kappa shape index (κ1) is 15.3. The summed E-state index contributed by atoms with van der Waals surface area (Å²) in [6.45, 7) is 1.40. The van der Waals surface area contributed by atoms with Gasteiger partial charge in [-0.05, 0) is 36.4 Å². The Balaban J connectivity index is 2.66. The second kappa shape index (κ2) is 5.74. The molecule has 0 saturated heterocycles. The van der Waals surface area contributed by atoms with E-state index in [0.29, 0.717) is 16.0 Å². The lowest BCUT2D eigenvalue weighted by Crippen LogP contribution is -2.11. The van der Waals surface area contributed by atoms with Gasteiger partial charge in [-0.2, -0.15) is 18.4 Å². The monoisotopic (exact) mass is 309 g/mol. The normalized spacial score (nSPS) is 11.2. The molecule has 0 saturated carbocycles. The van der Waals surface area contributed by atoms with Crippen molar-refractivity contribution in [2.45, 2.75) is 18.0 Å². The first-order valence-corrected chi connectivity index (χ1v) is 7.08. The highest BCUT2D eigenvalue weighted by Crippen LogP contribution is 2.38. The van der Waals surface area contributed by atoms with E-state index in [1.807, 2.05) is 6.07 Å². The highest BCUT2D eigenvalue weighted by Gasteiger charge is 2.35. The third kappa shape index (κ3) is 3.00. The molecule has 0 aliphatic rings. The molecule has 2 aromatic rings. The number of nitriles is 1. The Morgan fingerprint density at radius 3 is 2.57 bits per heavy atom. The van der Waals surface area contributed by atoms with Gasteiger partial charge in [-0.25, -0.2) is 4.98 Å². The fraction of sp³-hybridized carbons (Fsp3) is 0.214. The minimum atomic E-state index is -4.48. The maximum Gasteiger partial charge on any atom is 0.433 e. The first-order chi connectivity index (χ1) is 9.88. The summed E-state index contributed by atoms with van der Waals surface area (Å²) in [5, 5.41) is 8.86. The van der Waals surface area contributed by atoms with Crippen LogP contribution in [0.2, 0.25) is 0 Å². The largest absolute Gasteiger partial charge is 0.433 e. The summed E-state index contributed by atoms with van der Waals surface area (Å²) in [5.74, 6) is 0. The topological polar surface area (TPSA) is 49.6 Å². The van der Waals surface area contributed by atoms with E-state index in [2.05, 4.69) is 9.97 Å². The number of hydrogen-bond donors (Lipinski definition) is 0. The summed E-state index contributed by atoms with van der Waals surface area (Å²) in [7, 11) is 0. The molecular formula is C14H10F3N3S. The van der Waals surface area contributed by atoms with Crippen LogP contribution in [-0.4, -0.2) is 16.2 Å². The Hall–Kier alpha value is -2.07. The Kier molecular flexibility index (Phi) is 4.19. The Bertz CT molecular complexity index is 720. The summed E-state index contributed by atoms with van der Waals surface area (Å²) in [6, 6.07) is 5.08. The average molecular weight is 309 g/mol. The molecule has 0 N–H and O–H groups in total. The fourth-order valence-corrected chi connectivity index (χ4v) is 2.80. The van der Waals surface area contributed by atoms with E-state index in [4.69, 9.17) is 5.26 Å². The van der Waals surface area contributed by atoms with Crippen LogP contribution < -0.4 is 0 Å². The fourth-order valence-electron chi connectivity index (χ4n) is 2.01. The van der Waals surface area contributed by atoms with Crippen molar-refractivity contribution in [3.63, 3.8) is 0 Å². The van der Waals surface area contributed by atoms with Gasteiger partial charge in [0.1, 0.15) is 17.5 Å². The highest BCUT2D eigenvalue weighted by molar-refractivity contribution is 7.98. The molecule has 3 nitrogen and oxygen atoms in total. The van der Waals surface area contributed by atoms with Crippen molar-refractivity contribution in [2.75, 3.05) is 6.26 Å². The van der Waals surface area contributed by atoms with Gasteiger partial charge in [0, 0.05) is 22.9 Å². The SMILES string of the molecule is CSc1c(-c2ccnc(C#N)c2)cnc(C(F)(F)F)c1C. The van der Waals surface area contributed by atoms with Crippen LogP contribution in [0.25, 0.3) is 11.1 Å². The van der Waals surface area contributed by atoms with E-state index in [-0.39, 0.29) is 11.3 Å². The molecule has 21 heavy (non-hydrogen) atoms. The average Bonchev–Trinajstić information content (AvgIpc) is 2.45. The number of hydrogen-bond acceptors (Lipinski definition) is 4. The van der Waals surface area contributed by atoms with Crippen molar-refractivity contribution in [1.29, 1.82) is 5.26 Å². The molecule has 0 spiro atoms. The zero-order valence-electron chi connectivity index (χ0n) is 11.2. The Morgan fingerprint density at radius 1 is 1.29 bits per heavy atom. The van der Waals surface area contributed by atoms with Gasteiger partial charge in [0.15, 0.2) is 0 Å². The lowest BCUT2D eigenvalue weighted by atomic mass is 10.0. The summed E-state index contributed by atoms with van der Waals surface area (Å²) < 4.78 is 38.7. The van der Waals surface area contributed by atoms with Crippen molar-refractivity contribution in [3.05, 3.63) is 41.5 Å². The molecular weight excluding hydrogens is 299 g/mol. The van der Waals surface area contributed by atoms with Crippen molar-refractivity contribution in [2.24, 2.45) is 0 Å². The number of alkyl halides is 3. The van der Waals surface area contributed by atoms with E-state index in [1.165, 1.54) is 37.1 Å². The standard InChI is InChI=1S/C14H10F3N3S/c1-8-12(21-2)11(7-20-13(8)14(15,16)17)9-3-4-19-10(5-9)6-18/h3-5,7H,1-2H3. The van der Waals surface area contributed by atoms with Gasteiger partial charge in [0.05, 0.1) is 0 Å². The van der Waals surface area contributed by atoms with Gasteiger partial charge >= 0.3 is 6.18 Å². The summed E-state index contributed by atoms with van der Waals surface area (Å²) in [4.78, 5) is 7.89. The van der Waals surface area contributed by atoms with Gasteiger partial charge in [-0.15, -0.1) is 11.8 Å². The molecule has 0 aliphatic heterocycles. The molecule has 0 amide bonds. The van der Waals surface area contributed by atoms with E-state index in [9.17, 15) is 13.2 Å². The van der Waals surface area contributed by atoms with Crippen LogP contribution in [0.3, 0.4) is 0 Å². The smallest absolute Gasteiger partial charge is 0.251 e. The molecule has 108 valence electrons. The predicted molar refractivity (Wildman–Crippen MR) is 73.7 cm³/mol. The molecule has 0 radical (unpaired) electrons. The van der Waals surface area contributed by atoms with Crippen LogP contribution in [0.5, 0.6) is 0 Å². The van der Waals surface area contributed by atoms with Gasteiger partial charge in [-0.3, -0.25) is 4.98 Å². The van der Waals surface area contributed by atoms with Crippen LogP contribution in [0.15, 0.2) is 29.4 Å². The third-order valence-corrected chi connectivity index (χ3v) is 3.86. The van der Waals surface area contributed by atoms with Crippen molar-refractivity contribution in [1.82, 2.24) is 9.97 Å². The number of nitrogens with zero attached hydrogens (tertiary/aromatic N) is 3. The number of rotatable bonds is 2. The van der Waals surface area contributed by atoms with Crippen molar-refractivity contribution < 1.29 is 13.2 Å². The molecule has 2 rings (SSSR count). The van der Waals surface area contributed by atoms with Crippen LogP contribution in [-0.2, 0) is 6.18 Å². The summed E-state index contributed by atoms with van der Waals surface area (Å²) in [6.07, 6.45) is -0.134. The van der Waals surface area contributed by atoms with Gasteiger partial charge < -0.3 is 0 Å². The molecule has 0 atom stereocenters. The van der Waals surface area contributed by atoms with Crippen LogP contribution >= 0.6 is 11.8 Å². The van der Waals surface area contributed by atoms with E-state index in [1.54, 1.807) is 12.3 Å². The number of thioether (sulfide) groups is 1. The minimum absolute atomic E-state index is 0.0859. The second-order valence-corrected chi connectivity index (χ2v) is 5.03. The maximum absolute atomic E-state index is 12.9. The molecule has 7 heteroatoms. The molecule has 2 aromatic heterocycles. The maximum atomic E-state index is 12.9. The molecule has 2 heterocycles. The van der Waals surface area contributed by atoms with Gasteiger partial charge in [0.2, 0.25) is 0 Å². The Labute approximate surface area is 123 Å². The van der Waals surface area contributed by atoms with Gasteiger partial charge in [-0.1, -0.05) is 0 Å². The zero-order chi connectivity index (χ0) is 15.6. The molecule has 0 unspecified atom stereocenters. The minimum Gasteiger partial charge on any atom is -0.251 e. The molecule has 0 aliphatic carbocycles. The summed E-state index contributed by atoms with van der Waals surface area (Å²) >= 11 is 1.22. The molecule has 0 aromatic carbocycles. The first-order valence-electron chi connectivity index (χ1n) is 5.85. The van der Waals surface area contributed by atoms with Crippen LogP contribution in [0.4, 0.5) is 13.2 Å². The van der Waals surface area contributed by atoms with Crippen molar-refractivity contribution >= 4 is 11.8 Å². The Morgan fingerprint density at radius 2 is 2.00 bits per heavy atom. The molecule has 0 fully saturated rings. The van der Waals surface area contributed by atoms with Crippen LogP contribution in [0.1, 0.15) is 17.0 Å². The number of aromatic nitrogens is 2. The van der Waals surface area contributed by atoms with Crippen molar-refractivity contribution in [3.8, 4) is 17.2 Å². The van der Waals surface area contributed by atoms with Crippen LogP contribution in [0, 0.1) is 18.3 Å². The van der Waals surface area contributed by atoms with E-state index >= 15 is 0 Å². The van der Waals surface area contributed by atoms with E-state index in [0.717, 1.165) is 0 Å². The van der Waals surface area contributed by atoms with Gasteiger partial charge in [0.25, 0.3) is 0 Å². The number of pyridine rings is 2.